The molecule has 0 aliphatic heterocycles. The molecule has 7 heteroatoms. The van der Waals surface area contributed by atoms with Gasteiger partial charge in [-0.2, -0.15) is 0 Å². The molecule has 7 nitrogen and oxygen atoms in total. The first kappa shape index (κ1) is 13.7. The second kappa shape index (κ2) is 6.41. The number of rotatable bonds is 7. The van der Waals surface area contributed by atoms with Crippen LogP contribution in [0.2, 0.25) is 0 Å². The number of urea groups is 1. The molecule has 1 aliphatic carbocycles. The number of aliphatic carboxylic acids is 1. The summed E-state index contributed by atoms with van der Waals surface area (Å²) < 4.78 is 0. The predicted octanol–water partition coefficient (Wildman–Crippen LogP) is -1.17. The van der Waals surface area contributed by atoms with Crippen LogP contribution < -0.4 is 10.6 Å². The molecule has 2 amide bonds. The number of aliphatic hydroxyl groups excluding tert-OH is 1. The number of carboxylic acid groups (broad SMARTS) is 1. The maximum Gasteiger partial charge on any atom is 0.328 e. The molecular weight excluding hydrogens is 226 g/mol. The van der Waals surface area contributed by atoms with Crippen molar-refractivity contribution in [1.82, 2.24) is 15.5 Å². The number of carboxylic acids is 1. The number of amides is 2. The summed E-state index contributed by atoms with van der Waals surface area (Å²) >= 11 is 0. The van der Waals surface area contributed by atoms with Crippen molar-refractivity contribution in [2.75, 3.05) is 26.7 Å². The first-order chi connectivity index (χ1) is 8.04. The number of carbonyl (C=O) groups excluding carboxylic acids is 1. The van der Waals surface area contributed by atoms with Gasteiger partial charge < -0.3 is 25.7 Å². The Morgan fingerprint density at radius 2 is 2.12 bits per heavy atom. The minimum atomic E-state index is -1.25. The van der Waals surface area contributed by atoms with E-state index in [0.29, 0.717) is 12.6 Å². The summed E-state index contributed by atoms with van der Waals surface area (Å²) in [5.74, 6) is -1.25. The van der Waals surface area contributed by atoms with Crippen LogP contribution in [0.5, 0.6) is 0 Å². The third-order valence-electron chi connectivity index (χ3n) is 2.71. The zero-order valence-electron chi connectivity index (χ0n) is 9.85. The Hall–Kier alpha value is -1.34. The van der Waals surface area contributed by atoms with E-state index in [0.717, 1.165) is 6.54 Å². The van der Waals surface area contributed by atoms with Gasteiger partial charge in [0.15, 0.2) is 6.04 Å². The molecule has 0 bridgehead atoms. The van der Waals surface area contributed by atoms with E-state index in [-0.39, 0.29) is 0 Å². The van der Waals surface area contributed by atoms with Gasteiger partial charge in [-0.05, 0) is 19.9 Å². The van der Waals surface area contributed by atoms with Gasteiger partial charge in [0.1, 0.15) is 0 Å². The summed E-state index contributed by atoms with van der Waals surface area (Å²) in [7, 11) is 1.99. The summed E-state index contributed by atoms with van der Waals surface area (Å²) in [5.41, 5.74) is 0. The summed E-state index contributed by atoms with van der Waals surface area (Å²) in [6.45, 7) is 0.566. The van der Waals surface area contributed by atoms with Crippen LogP contribution in [0.4, 0.5) is 4.79 Å². The Morgan fingerprint density at radius 3 is 2.59 bits per heavy atom. The van der Waals surface area contributed by atoms with E-state index in [1.165, 1.54) is 12.8 Å². The highest BCUT2D eigenvalue weighted by Gasteiger charge is 2.25. The van der Waals surface area contributed by atoms with Crippen molar-refractivity contribution < 1.29 is 19.8 Å². The molecule has 0 heterocycles. The molecule has 0 unspecified atom stereocenters. The zero-order valence-corrected chi connectivity index (χ0v) is 9.85. The highest BCUT2D eigenvalue weighted by molar-refractivity contribution is 5.82. The van der Waals surface area contributed by atoms with Crippen LogP contribution in [-0.4, -0.2) is 65.9 Å². The molecule has 1 aliphatic rings. The standard InChI is InChI=1S/C10H19N3O4/c1-13(7-2-3-7)5-4-11-10(17)12-8(6-14)9(15)16/h7-8,14H,2-6H2,1H3,(H,15,16)(H2,11,12,17)/t8-/m0/s1. The fraction of sp³-hybridized carbons (Fsp3) is 0.800. The molecule has 1 rings (SSSR count). The van der Waals surface area contributed by atoms with E-state index in [1.54, 1.807) is 0 Å². The highest BCUT2D eigenvalue weighted by Crippen LogP contribution is 2.24. The lowest BCUT2D eigenvalue weighted by Crippen LogP contribution is -2.49. The minimum absolute atomic E-state index is 0.455. The minimum Gasteiger partial charge on any atom is -0.480 e. The fourth-order valence-corrected chi connectivity index (χ4v) is 1.44. The number of hydrogen-bond donors (Lipinski definition) is 4. The van der Waals surface area contributed by atoms with Crippen LogP contribution in [0.3, 0.4) is 0 Å². The summed E-state index contributed by atoms with van der Waals surface area (Å²) in [5, 5.41) is 22.0. The smallest absolute Gasteiger partial charge is 0.328 e. The monoisotopic (exact) mass is 245 g/mol. The van der Waals surface area contributed by atoms with Gasteiger partial charge in [-0.3, -0.25) is 0 Å². The van der Waals surface area contributed by atoms with Crippen LogP contribution in [-0.2, 0) is 4.79 Å². The van der Waals surface area contributed by atoms with Crippen molar-refractivity contribution in [1.29, 1.82) is 0 Å². The summed E-state index contributed by atoms with van der Waals surface area (Å²) in [6.07, 6.45) is 2.41. The maximum atomic E-state index is 11.3. The van der Waals surface area contributed by atoms with Crippen molar-refractivity contribution in [3.63, 3.8) is 0 Å². The van der Waals surface area contributed by atoms with E-state index in [2.05, 4.69) is 15.5 Å². The lowest BCUT2D eigenvalue weighted by atomic mass is 10.3. The molecule has 17 heavy (non-hydrogen) atoms. The Labute approximate surface area is 99.8 Å². The number of likely N-dealkylation sites (N-methyl/N-ethyl adjacent to an activating group) is 1. The molecule has 0 radical (unpaired) electrons. The van der Waals surface area contributed by atoms with Gasteiger partial charge >= 0.3 is 12.0 Å². The first-order valence-electron chi connectivity index (χ1n) is 5.63. The van der Waals surface area contributed by atoms with Crippen molar-refractivity contribution in [2.45, 2.75) is 24.9 Å². The van der Waals surface area contributed by atoms with Crippen LogP contribution in [0, 0.1) is 0 Å². The second-order valence-electron chi connectivity index (χ2n) is 4.19. The first-order valence-corrected chi connectivity index (χ1v) is 5.63. The van der Waals surface area contributed by atoms with Crippen LogP contribution >= 0.6 is 0 Å². The van der Waals surface area contributed by atoms with E-state index in [9.17, 15) is 9.59 Å². The van der Waals surface area contributed by atoms with Crippen LogP contribution in [0.25, 0.3) is 0 Å². The van der Waals surface area contributed by atoms with Gasteiger partial charge in [-0.25, -0.2) is 9.59 Å². The van der Waals surface area contributed by atoms with Gasteiger partial charge in [0.05, 0.1) is 6.61 Å². The van der Waals surface area contributed by atoms with Gasteiger partial charge in [-0.15, -0.1) is 0 Å². The van der Waals surface area contributed by atoms with Gasteiger partial charge in [0.25, 0.3) is 0 Å². The average Bonchev–Trinajstić information content (AvgIpc) is 3.08. The van der Waals surface area contributed by atoms with Crippen molar-refractivity contribution in [2.24, 2.45) is 0 Å². The SMILES string of the molecule is CN(CCNC(=O)N[C@@H](CO)C(=O)O)C1CC1. The number of aliphatic hydroxyl groups is 1. The van der Waals surface area contributed by atoms with Crippen molar-refractivity contribution in [3.05, 3.63) is 0 Å². The molecule has 1 saturated carbocycles. The van der Waals surface area contributed by atoms with Crippen LogP contribution in [0.1, 0.15) is 12.8 Å². The summed E-state index contributed by atoms with van der Waals surface area (Å²) in [4.78, 5) is 24.0. The van der Waals surface area contributed by atoms with Crippen molar-refractivity contribution >= 4 is 12.0 Å². The third kappa shape index (κ3) is 5.01. The Morgan fingerprint density at radius 1 is 1.47 bits per heavy atom. The molecule has 4 N–H and O–H groups in total. The van der Waals surface area contributed by atoms with Gasteiger partial charge in [0.2, 0.25) is 0 Å². The van der Waals surface area contributed by atoms with E-state index < -0.39 is 24.6 Å². The predicted molar refractivity (Wildman–Crippen MR) is 60.7 cm³/mol. The number of hydrogen-bond acceptors (Lipinski definition) is 4. The Balaban J connectivity index is 2.13. The maximum absolute atomic E-state index is 11.3. The quantitative estimate of drug-likeness (QED) is 0.452. The molecular formula is C10H19N3O4. The normalized spacial score (nSPS) is 16.6. The van der Waals surface area contributed by atoms with Gasteiger partial charge in [-0.1, -0.05) is 0 Å². The third-order valence-corrected chi connectivity index (χ3v) is 2.71. The number of carbonyl (C=O) groups is 2. The molecule has 0 aromatic carbocycles. The van der Waals surface area contributed by atoms with Crippen molar-refractivity contribution in [3.8, 4) is 0 Å². The second-order valence-corrected chi connectivity index (χ2v) is 4.19. The Kier molecular flexibility index (Phi) is 5.17. The van der Waals surface area contributed by atoms with E-state index in [4.69, 9.17) is 10.2 Å². The fourth-order valence-electron chi connectivity index (χ4n) is 1.44. The molecule has 0 saturated heterocycles. The molecule has 0 aromatic heterocycles. The number of nitrogens with zero attached hydrogens (tertiary/aromatic N) is 1. The van der Waals surface area contributed by atoms with E-state index in [1.807, 2.05) is 7.05 Å². The lowest BCUT2D eigenvalue weighted by molar-refractivity contribution is -0.140. The molecule has 1 atom stereocenters. The molecule has 1 fully saturated rings. The lowest BCUT2D eigenvalue weighted by Gasteiger charge is -2.17. The topological polar surface area (TPSA) is 102 Å². The molecule has 0 spiro atoms. The Bertz CT molecular complexity index is 281. The van der Waals surface area contributed by atoms with Crippen LogP contribution in [0.15, 0.2) is 0 Å². The average molecular weight is 245 g/mol. The zero-order chi connectivity index (χ0) is 12.8. The molecule has 0 aromatic rings. The highest BCUT2D eigenvalue weighted by atomic mass is 16.4. The van der Waals surface area contributed by atoms with E-state index >= 15 is 0 Å². The van der Waals surface area contributed by atoms with Gasteiger partial charge in [0, 0.05) is 19.1 Å². The number of nitrogens with one attached hydrogen (secondary N) is 2. The largest absolute Gasteiger partial charge is 0.480 e. The summed E-state index contributed by atoms with van der Waals surface area (Å²) in [6, 6.07) is -1.20. The molecule has 98 valence electrons.